The quantitative estimate of drug-likeness (QED) is 0.0558. The summed E-state index contributed by atoms with van der Waals surface area (Å²) in [7, 11) is 0. The first kappa shape index (κ1) is 84.2. The Hall–Kier alpha value is -14.7. The second-order valence-corrected chi connectivity index (χ2v) is 29.2. The van der Waals surface area contributed by atoms with Gasteiger partial charge in [0.15, 0.2) is 0 Å². The lowest BCUT2D eigenvalue weighted by Gasteiger charge is -2.07. The van der Waals surface area contributed by atoms with Gasteiger partial charge in [0, 0.05) is 113 Å². The third kappa shape index (κ3) is 25.7. The number of hydrogen-bond acceptors (Lipinski definition) is 8. The highest BCUT2D eigenvalue weighted by Gasteiger charge is 2.09. The average molecular weight is 1540 g/mol. The summed E-state index contributed by atoms with van der Waals surface area (Å²) in [6.07, 6.45) is 11.6. The summed E-state index contributed by atoms with van der Waals surface area (Å²) in [6.45, 7) is 22.2. The van der Waals surface area contributed by atoms with Gasteiger partial charge in [-0.15, -0.1) is 0 Å². The summed E-state index contributed by atoms with van der Waals surface area (Å²) in [6, 6.07) is 125. The minimum absolute atomic E-state index is 0.0409. The van der Waals surface area contributed by atoms with Gasteiger partial charge in [-0.05, 0) is 234 Å². The summed E-state index contributed by atoms with van der Waals surface area (Å²) in [5, 5.41) is 58.4. The van der Waals surface area contributed by atoms with Crippen molar-refractivity contribution in [3.8, 4) is 46.0 Å². The molecule has 0 atom stereocenters. The lowest BCUT2D eigenvalue weighted by Crippen LogP contribution is -1.97. The number of aryl methyl sites for hydroxylation is 6. The molecular formula is C110H92O8. The first-order chi connectivity index (χ1) is 57.3. The predicted molar refractivity (Wildman–Crippen MR) is 476 cm³/mol. The molecule has 20 rings (SSSR count). The van der Waals surface area contributed by atoms with E-state index in [1.54, 1.807) is 48.5 Å². The molecule has 0 radical (unpaired) electrons. The van der Waals surface area contributed by atoms with Gasteiger partial charge in [0.2, 0.25) is 0 Å². The highest BCUT2D eigenvalue weighted by molar-refractivity contribution is 5.82. The molecule has 0 aromatic heterocycles. The van der Waals surface area contributed by atoms with Gasteiger partial charge in [0.25, 0.3) is 0 Å². The number of phenols is 4. The monoisotopic (exact) mass is 1540 g/mol. The molecule has 0 saturated carbocycles. The van der Waals surface area contributed by atoms with Crippen LogP contribution in [0.2, 0.25) is 0 Å². The van der Waals surface area contributed by atoms with Gasteiger partial charge in [-0.25, -0.2) is 0 Å². The molecule has 8 heteroatoms. The third-order valence-corrected chi connectivity index (χ3v) is 18.6. The fourth-order valence-electron chi connectivity index (χ4n) is 12.7. The number of benzene rings is 10. The van der Waals surface area contributed by atoms with E-state index >= 15 is 0 Å². The number of rotatable bonds is 20. The Morgan fingerprint density at radius 1 is 0.186 bits per heavy atom. The normalized spacial score (nSPS) is 9.98. The van der Waals surface area contributed by atoms with Crippen LogP contribution in [0.25, 0.3) is 108 Å². The molecule has 0 aliphatic rings. The van der Waals surface area contributed by atoms with E-state index in [9.17, 15) is 20.4 Å². The minimum atomic E-state index is -0.0464. The molecule has 0 aliphatic carbocycles. The first-order valence-electron chi connectivity index (χ1n) is 40.2. The molecule has 0 saturated heterocycles. The lowest BCUT2D eigenvalue weighted by molar-refractivity contribution is 0.308. The number of ether oxygens (including phenoxy) is 4. The van der Waals surface area contributed by atoms with Crippen LogP contribution in [-0.2, 0) is 0 Å². The van der Waals surface area contributed by atoms with Crippen molar-refractivity contribution in [3.05, 3.63) is 337 Å². The van der Waals surface area contributed by atoms with Crippen molar-refractivity contribution in [2.45, 2.75) is 146 Å². The van der Waals surface area contributed by atoms with Crippen LogP contribution in [-0.4, -0.2) is 46.9 Å². The summed E-state index contributed by atoms with van der Waals surface area (Å²) >= 11 is 0. The molecule has 20 aromatic carbocycles. The zero-order valence-electron chi connectivity index (χ0n) is 68.7. The van der Waals surface area contributed by atoms with Gasteiger partial charge >= 0.3 is 0 Å². The van der Waals surface area contributed by atoms with Gasteiger partial charge < -0.3 is 39.4 Å². The number of phenolic OH excluding ortho intramolecular Hbond substituents is 4. The van der Waals surface area contributed by atoms with E-state index in [0.717, 1.165) is 132 Å². The largest absolute Gasteiger partial charge is 0.507 e. The SMILES string of the molecule is CCCCCCOc1cc2c#cc3cc(C)cc(c#cc#cc4cc(C)cc(c#cc5cc(OCCCC)c(c#cc6cc(C)cc(c#cc7cc(O)c(c#cc8cc(C)cc(c#cc#cc9cc(C)cc(c#cc%10cc(OCCCCCC)c(c#cc%11cc(C)cc(c#cc1cc2O)c%11)cc%10O)c9)c8)cc7OCCCC)c6)cc5O)c4)c3. The summed E-state index contributed by atoms with van der Waals surface area (Å²) in [4.78, 5) is 0. The van der Waals surface area contributed by atoms with E-state index in [-0.39, 0.29) is 23.0 Å². The van der Waals surface area contributed by atoms with Crippen molar-refractivity contribution in [3.63, 3.8) is 0 Å². The average Bonchev–Trinajstić information content (AvgIpc) is 0.832. The Balaban J connectivity index is 1.03. The Morgan fingerprint density at radius 3 is 0.559 bits per heavy atom. The maximum absolute atomic E-state index is 11.6. The summed E-state index contributed by atoms with van der Waals surface area (Å²) in [5.74, 6) is 1.84. The van der Waals surface area contributed by atoms with Crippen molar-refractivity contribution >= 4 is 108 Å². The molecule has 580 valence electrons. The van der Waals surface area contributed by atoms with Crippen LogP contribution in [0.4, 0.5) is 0 Å². The highest BCUT2D eigenvalue weighted by atomic mass is 16.5. The van der Waals surface area contributed by atoms with Crippen molar-refractivity contribution < 1.29 is 39.4 Å². The Labute approximate surface area is 698 Å². The fraction of sp³-hybridized carbons (Fsp3) is 0.236. The Morgan fingerprint density at radius 2 is 0.364 bits per heavy atom. The van der Waals surface area contributed by atoms with E-state index in [2.05, 4.69) is 173 Å². The Bertz CT molecular complexity index is 5810. The second kappa shape index (κ2) is 42.4. The number of aromatic hydroxyl groups is 4. The molecule has 8 nitrogen and oxygen atoms in total. The van der Waals surface area contributed by atoms with Gasteiger partial charge in [0.1, 0.15) is 46.0 Å². The van der Waals surface area contributed by atoms with Crippen molar-refractivity contribution in [1.82, 2.24) is 0 Å². The molecule has 20 aromatic rings. The van der Waals surface area contributed by atoms with Gasteiger partial charge in [0.05, 0.1) is 69.5 Å². The molecule has 0 amide bonds. The molecule has 0 spiro atoms. The molecule has 0 unspecified atom stereocenters. The van der Waals surface area contributed by atoms with Crippen LogP contribution in [0, 0.1) is 187 Å². The maximum atomic E-state index is 11.6. The molecule has 0 aliphatic heterocycles. The zero-order chi connectivity index (χ0) is 83.1. The van der Waals surface area contributed by atoms with Crippen LogP contribution in [0.3, 0.4) is 0 Å². The zero-order valence-corrected chi connectivity index (χ0v) is 68.7. The Kier molecular flexibility index (Phi) is 30.3. The van der Waals surface area contributed by atoms with Gasteiger partial charge in [-0.1, -0.05) is 200 Å². The van der Waals surface area contributed by atoms with Crippen LogP contribution in [0.15, 0.2) is 158 Å². The molecule has 0 heterocycles. The van der Waals surface area contributed by atoms with E-state index in [1.807, 2.05) is 151 Å². The van der Waals surface area contributed by atoms with E-state index < -0.39 is 0 Å². The number of unbranched alkanes of at least 4 members (excludes halogenated alkanes) is 8. The third-order valence-electron chi connectivity index (χ3n) is 18.6. The van der Waals surface area contributed by atoms with Crippen LogP contribution < -0.4 is 18.9 Å². The first-order valence-corrected chi connectivity index (χ1v) is 40.2. The molecule has 20 bridgehead atoms. The van der Waals surface area contributed by atoms with E-state index in [0.29, 0.717) is 136 Å². The van der Waals surface area contributed by atoms with Crippen LogP contribution >= 0.6 is 0 Å². The lowest BCUT2D eigenvalue weighted by atomic mass is 10.1. The smallest absolute Gasteiger partial charge is 0.136 e. The summed E-state index contributed by atoms with van der Waals surface area (Å²) < 4.78 is 25.5. The predicted octanol–water partition coefficient (Wildman–Crippen LogP) is 26.1. The molecule has 0 fully saturated rings. The van der Waals surface area contributed by atoms with Crippen LogP contribution in [0.1, 0.15) is 138 Å². The summed E-state index contributed by atoms with van der Waals surface area (Å²) in [5.41, 5.74) is 5.68. The van der Waals surface area contributed by atoms with E-state index in [1.165, 1.54) is 0 Å². The van der Waals surface area contributed by atoms with E-state index in [4.69, 9.17) is 18.9 Å². The van der Waals surface area contributed by atoms with Gasteiger partial charge in [-0.3, -0.25) is 0 Å². The topological polar surface area (TPSA) is 118 Å². The van der Waals surface area contributed by atoms with Gasteiger partial charge in [-0.2, -0.15) is 0 Å². The van der Waals surface area contributed by atoms with Crippen LogP contribution in [0.5, 0.6) is 46.0 Å². The second-order valence-electron chi connectivity index (χ2n) is 29.2. The molecular weight excluding hydrogens is 1450 g/mol. The maximum Gasteiger partial charge on any atom is 0.136 e. The standard InChI is InChI=1S/C110H92O8/c1-11-15-19-25-49-117-109-75-97-41-33-89-57-79(7)53-85(65-89)29-23-21-27-83-51-77(5)55-87(63-83)31-39-95-73-107(115-47-17-13-3)99(69-103(95)111)43-35-91-59-81(9)60-92(67-91)36-44-100-70-104(112)96(74-108(100)116-48-18-14-4)40-32-88-56-78(6)52-84(64-88)28-22-24-30-86-54-80(8)58-90(66-86)34-42-98-76-110(118-50-26-20-16-12-2)102(72-106(98)114)46-38-94-62-82(10)61-93(68-94)37-45-101(109)71-105(97)113/h51-76,111-114H,11-20,25-26,47-50H2,1-10H3. The molecule has 118 heavy (non-hydrogen) atoms. The van der Waals surface area contributed by atoms with Crippen molar-refractivity contribution in [2.24, 2.45) is 0 Å². The fourth-order valence-corrected chi connectivity index (χ4v) is 12.7. The van der Waals surface area contributed by atoms with Crippen molar-refractivity contribution in [2.75, 3.05) is 26.4 Å². The van der Waals surface area contributed by atoms with Crippen molar-refractivity contribution in [1.29, 1.82) is 0 Å². The highest BCUT2D eigenvalue weighted by Crippen LogP contribution is 2.33. The minimum Gasteiger partial charge on any atom is -0.507 e. The molecule has 4 N–H and O–H groups in total. The number of hydrogen-bond donors (Lipinski definition) is 4.